The first-order valence-electron chi connectivity index (χ1n) is 4.58. The smallest absolute Gasteiger partial charge is 0.0501 e. The summed E-state index contributed by atoms with van der Waals surface area (Å²) in [6.07, 6.45) is 1.73. The second-order valence-corrected chi connectivity index (χ2v) is 3.51. The highest BCUT2D eigenvalue weighted by Gasteiger charge is 2.11. The van der Waals surface area contributed by atoms with E-state index in [2.05, 4.69) is 13.5 Å². The van der Waals surface area contributed by atoms with E-state index < -0.39 is 0 Å². The van der Waals surface area contributed by atoms with Gasteiger partial charge < -0.3 is 10.6 Å². The Morgan fingerprint density at radius 2 is 2.07 bits per heavy atom. The van der Waals surface area contributed by atoms with Crippen molar-refractivity contribution >= 4 is 5.69 Å². The molecule has 0 bridgehead atoms. The highest BCUT2D eigenvalue weighted by Crippen LogP contribution is 2.27. The summed E-state index contributed by atoms with van der Waals surface area (Å²) < 4.78 is 0. The minimum Gasteiger partial charge on any atom is -0.377 e. The molecule has 0 heterocycles. The summed E-state index contributed by atoms with van der Waals surface area (Å²) in [5, 5.41) is 0. The van der Waals surface area contributed by atoms with Gasteiger partial charge in [-0.25, -0.2) is 0 Å². The predicted octanol–water partition coefficient (Wildman–Crippen LogP) is 2.12. The molecule has 0 aliphatic carbocycles. The van der Waals surface area contributed by atoms with Crippen LogP contribution < -0.4 is 10.6 Å². The third kappa shape index (κ3) is 1.96. The summed E-state index contributed by atoms with van der Waals surface area (Å²) in [4.78, 5) is 2.04. The van der Waals surface area contributed by atoms with Crippen LogP contribution in [0.4, 0.5) is 5.69 Å². The van der Waals surface area contributed by atoms with Crippen LogP contribution in [0, 0.1) is 6.92 Å². The van der Waals surface area contributed by atoms with Crippen LogP contribution in [0.15, 0.2) is 30.9 Å². The molecule has 1 unspecified atom stereocenters. The van der Waals surface area contributed by atoms with Crippen molar-refractivity contribution < 1.29 is 0 Å². The maximum atomic E-state index is 5.95. The van der Waals surface area contributed by atoms with Gasteiger partial charge in [0.15, 0.2) is 0 Å². The number of anilines is 1. The monoisotopic (exact) mass is 189 g/mol. The van der Waals surface area contributed by atoms with E-state index in [0.717, 1.165) is 16.8 Å². The van der Waals surface area contributed by atoms with E-state index in [0.29, 0.717) is 0 Å². The molecule has 14 heavy (non-hydrogen) atoms. The van der Waals surface area contributed by atoms with Crippen LogP contribution >= 0.6 is 0 Å². The Kier molecular flexibility index (Phi) is 3.31. The van der Waals surface area contributed by atoms with E-state index in [1.54, 1.807) is 6.08 Å². The number of benzene rings is 1. The molecule has 75 valence electrons. The van der Waals surface area contributed by atoms with Gasteiger partial charge in [0.25, 0.3) is 0 Å². The Morgan fingerprint density at radius 3 is 2.57 bits per heavy atom. The SMILES string of the molecule is [CH2]c1cccc(N(C)C)c1C(N)C=C. The van der Waals surface area contributed by atoms with Gasteiger partial charge >= 0.3 is 0 Å². The van der Waals surface area contributed by atoms with Crippen molar-refractivity contribution in [2.24, 2.45) is 5.73 Å². The quantitative estimate of drug-likeness (QED) is 0.738. The van der Waals surface area contributed by atoms with Crippen LogP contribution in [0.2, 0.25) is 0 Å². The van der Waals surface area contributed by atoms with Crippen molar-refractivity contribution in [2.75, 3.05) is 19.0 Å². The first-order chi connectivity index (χ1) is 6.57. The lowest BCUT2D eigenvalue weighted by atomic mass is 9.99. The van der Waals surface area contributed by atoms with Gasteiger partial charge in [0.2, 0.25) is 0 Å². The maximum absolute atomic E-state index is 5.95. The lowest BCUT2D eigenvalue weighted by molar-refractivity contribution is 0.897. The van der Waals surface area contributed by atoms with Gasteiger partial charge in [-0.15, -0.1) is 6.58 Å². The third-order valence-electron chi connectivity index (χ3n) is 2.24. The Labute approximate surface area is 86.0 Å². The minimum absolute atomic E-state index is 0.152. The summed E-state index contributed by atoms with van der Waals surface area (Å²) in [6.45, 7) is 7.69. The van der Waals surface area contributed by atoms with E-state index in [-0.39, 0.29) is 6.04 Å². The summed E-state index contributed by atoms with van der Waals surface area (Å²) in [7, 11) is 3.99. The van der Waals surface area contributed by atoms with Gasteiger partial charge in [0.1, 0.15) is 0 Å². The fraction of sp³-hybridized carbons (Fsp3) is 0.250. The normalized spacial score (nSPS) is 12.3. The van der Waals surface area contributed by atoms with Gasteiger partial charge in [-0.1, -0.05) is 18.2 Å². The molecule has 0 spiro atoms. The molecule has 0 aromatic heterocycles. The summed E-state index contributed by atoms with van der Waals surface area (Å²) in [6, 6.07) is 5.83. The Morgan fingerprint density at radius 1 is 1.43 bits per heavy atom. The Hall–Kier alpha value is -1.28. The topological polar surface area (TPSA) is 29.3 Å². The zero-order valence-electron chi connectivity index (χ0n) is 8.83. The molecule has 1 atom stereocenters. The Balaban J connectivity index is 3.28. The molecule has 1 radical (unpaired) electrons. The summed E-state index contributed by atoms with van der Waals surface area (Å²) in [5.74, 6) is 0. The van der Waals surface area contributed by atoms with Crippen LogP contribution in [-0.2, 0) is 0 Å². The molecule has 2 nitrogen and oxygen atoms in total. The molecule has 1 rings (SSSR count). The maximum Gasteiger partial charge on any atom is 0.0501 e. The van der Waals surface area contributed by atoms with Crippen molar-refractivity contribution in [3.05, 3.63) is 48.9 Å². The minimum atomic E-state index is -0.152. The molecule has 0 saturated carbocycles. The van der Waals surface area contributed by atoms with Crippen LogP contribution in [0.3, 0.4) is 0 Å². The second kappa shape index (κ2) is 4.29. The van der Waals surface area contributed by atoms with E-state index >= 15 is 0 Å². The van der Waals surface area contributed by atoms with Gasteiger partial charge in [-0.2, -0.15) is 0 Å². The largest absolute Gasteiger partial charge is 0.377 e. The van der Waals surface area contributed by atoms with Gasteiger partial charge in [-0.3, -0.25) is 0 Å². The van der Waals surface area contributed by atoms with Crippen molar-refractivity contribution in [1.29, 1.82) is 0 Å². The molecule has 0 amide bonds. The molecule has 1 aromatic carbocycles. The Bertz CT molecular complexity index is 329. The summed E-state index contributed by atoms with van der Waals surface area (Å²) >= 11 is 0. The molecular formula is C12H17N2. The zero-order valence-corrected chi connectivity index (χ0v) is 8.83. The van der Waals surface area contributed by atoms with E-state index in [9.17, 15) is 0 Å². The standard InChI is InChI=1S/C12H17N2/c1-5-10(13)12-9(2)7-6-8-11(12)14(3)4/h5-8,10H,1-2,13H2,3-4H3. The van der Waals surface area contributed by atoms with E-state index in [1.807, 2.05) is 37.2 Å². The number of hydrogen-bond acceptors (Lipinski definition) is 2. The third-order valence-corrected chi connectivity index (χ3v) is 2.24. The first kappa shape index (κ1) is 10.8. The van der Waals surface area contributed by atoms with Gasteiger partial charge in [0, 0.05) is 19.8 Å². The lowest BCUT2D eigenvalue weighted by Gasteiger charge is -2.21. The number of hydrogen-bond donors (Lipinski definition) is 1. The van der Waals surface area contributed by atoms with Crippen LogP contribution in [0.1, 0.15) is 17.2 Å². The van der Waals surface area contributed by atoms with Crippen molar-refractivity contribution in [3.63, 3.8) is 0 Å². The fourth-order valence-electron chi connectivity index (χ4n) is 1.49. The molecule has 1 aromatic rings. The molecule has 0 aliphatic rings. The molecule has 0 fully saturated rings. The summed E-state index contributed by atoms with van der Waals surface area (Å²) in [5.41, 5.74) is 9.06. The average molecular weight is 189 g/mol. The predicted molar refractivity (Wildman–Crippen MR) is 62.4 cm³/mol. The first-order valence-corrected chi connectivity index (χ1v) is 4.58. The highest BCUT2D eigenvalue weighted by molar-refractivity contribution is 5.58. The molecule has 0 saturated heterocycles. The molecular weight excluding hydrogens is 172 g/mol. The highest BCUT2D eigenvalue weighted by atomic mass is 15.1. The van der Waals surface area contributed by atoms with Crippen LogP contribution in [-0.4, -0.2) is 14.1 Å². The van der Waals surface area contributed by atoms with Crippen molar-refractivity contribution in [2.45, 2.75) is 6.04 Å². The number of nitrogens with zero attached hydrogens (tertiary/aromatic N) is 1. The number of rotatable bonds is 3. The molecule has 2 heteroatoms. The van der Waals surface area contributed by atoms with Crippen LogP contribution in [0.25, 0.3) is 0 Å². The fourth-order valence-corrected chi connectivity index (χ4v) is 1.49. The van der Waals surface area contributed by atoms with Crippen molar-refractivity contribution in [1.82, 2.24) is 0 Å². The van der Waals surface area contributed by atoms with Gasteiger partial charge in [-0.05, 0) is 24.1 Å². The van der Waals surface area contributed by atoms with Gasteiger partial charge in [0.05, 0.1) is 6.04 Å². The molecule has 2 N–H and O–H groups in total. The van der Waals surface area contributed by atoms with Crippen LogP contribution in [0.5, 0.6) is 0 Å². The number of nitrogens with two attached hydrogens (primary N) is 1. The lowest BCUT2D eigenvalue weighted by Crippen LogP contribution is -2.17. The average Bonchev–Trinajstić information content (AvgIpc) is 2.16. The van der Waals surface area contributed by atoms with E-state index in [1.165, 1.54) is 0 Å². The van der Waals surface area contributed by atoms with E-state index in [4.69, 9.17) is 5.73 Å². The zero-order chi connectivity index (χ0) is 10.7. The second-order valence-electron chi connectivity index (χ2n) is 3.51. The van der Waals surface area contributed by atoms with Crippen molar-refractivity contribution in [3.8, 4) is 0 Å². The molecule has 0 aliphatic heterocycles.